The second-order valence-corrected chi connectivity index (χ2v) is 10.5. The van der Waals surface area contributed by atoms with E-state index in [0.717, 1.165) is 69.5 Å². The first-order valence-electron chi connectivity index (χ1n) is 12.8. The minimum Gasteiger partial charge on any atom is -0.481 e. The summed E-state index contributed by atoms with van der Waals surface area (Å²) >= 11 is 0. The Morgan fingerprint density at radius 1 is 1.03 bits per heavy atom. The lowest BCUT2D eigenvalue weighted by atomic mass is 9.72. The summed E-state index contributed by atoms with van der Waals surface area (Å²) in [6, 6.07) is 16.8. The van der Waals surface area contributed by atoms with Gasteiger partial charge in [0.25, 0.3) is 0 Å². The summed E-state index contributed by atoms with van der Waals surface area (Å²) < 4.78 is 3.84. The van der Waals surface area contributed by atoms with E-state index in [4.69, 9.17) is 10.1 Å². The van der Waals surface area contributed by atoms with E-state index in [1.165, 1.54) is 0 Å². The molecule has 37 heavy (non-hydrogen) atoms. The number of benzene rings is 2. The van der Waals surface area contributed by atoms with Crippen molar-refractivity contribution in [2.45, 2.75) is 32.2 Å². The molecule has 8 nitrogen and oxygen atoms in total. The summed E-state index contributed by atoms with van der Waals surface area (Å²) in [5, 5.41) is 21.5. The smallest absolute Gasteiger partial charge is 0.306 e. The zero-order valence-corrected chi connectivity index (χ0v) is 20.9. The molecule has 2 bridgehead atoms. The molecule has 1 saturated carbocycles. The van der Waals surface area contributed by atoms with Gasteiger partial charge in [-0.15, -0.1) is 0 Å². The molecule has 5 aromatic rings. The Labute approximate surface area is 214 Å². The topological polar surface area (TPSA) is 89.1 Å². The second-order valence-electron chi connectivity index (χ2n) is 10.5. The average Bonchev–Trinajstić information content (AvgIpc) is 3.50. The van der Waals surface area contributed by atoms with E-state index in [9.17, 15) is 9.90 Å². The fourth-order valence-corrected chi connectivity index (χ4v) is 6.46. The maximum atomic E-state index is 11.7. The van der Waals surface area contributed by atoms with E-state index in [2.05, 4.69) is 53.3 Å². The highest BCUT2D eigenvalue weighted by Crippen LogP contribution is 2.41. The predicted octanol–water partition coefficient (Wildman–Crippen LogP) is 4.97. The van der Waals surface area contributed by atoms with Crippen molar-refractivity contribution in [1.29, 1.82) is 0 Å². The highest BCUT2D eigenvalue weighted by molar-refractivity contribution is 6.03. The largest absolute Gasteiger partial charge is 0.481 e. The van der Waals surface area contributed by atoms with Crippen LogP contribution >= 0.6 is 0 Å². The molecule has 3 fully saturated rings. The van der Waals surface area contributed by atoms with Gasteiger partial charge in [0.15, 0.2) is 0 Å². The number of pyridine rings is 1. The Kier molecular flexibility index (Phi) is 4.86. The fraction of sp³-hybridized carbons (Fsp3) is 0.310. The van der Waals surface area contributed by atoms with Crippen molar-refractivity contribution < 1.29 is 9.90 Å². The van der Waals surface area contributed by atoms with Gasteiger partial charge in [0.1, 0.15) is 11.5 Å². The SMILES string of the molecule is Cc1cccc2c(-c3cccc4nn(C)cc34)nn(-c3ccc(N4C[C@H]5CC[C@@H]4C[C@H]5C(=O)O)nc3)c12. The van der Waals surface area contributed by atoms with Crippen LogP contribution in [-0.2, 0) is 11.8 Å². The number of carboxylic acid groups (broad SMARTS) is 1. The van der Waals surface area contributed by atoms with Crippen LogP contribution in [0.15, 0.2) is 60.9 Å². The number of carboxylic acids is 1. The van der Waals surface area contributed by atoms with Gasteiger partial charge in [-0.2, -0.15) is 10.2 Å². The van der Waals surface area contributed by atoms with Crippen LogP contribution in [0.5, 0.6) is 0 Å². The summed E-state index contributed by atoms with van der Waals surface area (Å²) in [7, 11) is 1.94. The molecular formula is C29H28N6O2. The maximum absolute atomic E-state index is 11.7. The molecule has 8 rings (SSSR count). The van der Waals surface area contributed by atoms with E-state index in [-0.39, 0.29) is 17.9 Å². The summed E-state index contributed by atoms with van der Waals surface area (Å²) in [6.45, 7) is 2.87. The zero-order valence-electron chi connectivity index (χ0n) is 20.9. The zero-order chi connectivity index (χ0) is 25.3. The Bertz CT molecular complexity index is 1670. The second kappa shape index (κ2) is 8.16. The molecule has 3 atom stereocenters. The van der Waals surface area contributed by atoms with Crippen LogP contribution in [0.1, 0.15) is 24.8 Å². The molecule has 8 heteroatoms. The number of anilines is 1. The number of hydrogen-bond acceptors (Lipinski definition) is 5. The molecule has 0 amide bonds. The van der Waals surface area contributed by atoms with Crippen molar-refractivity contribution in [2.24, 2.45) is 18.9 Å². The minimum absolute atomic E-state index is 0.194. The van der Waals surface area contributed by atoms with Crippen LogP contribution in [-0.4, -0.2) is 48.2 Å². The highest BCUT2D eigenvalue weighted by atomic mass is 16.4. The van der Waals surface area contributed by atoms with E-state index in [1.54, 1.807) is 0 Å². The third-order valence-corrected chi connectivity index (χ3v) is 8.25. The molecule has 2 saturated heterocycles. The first-order valence-corrected chi connectivity index (χ1v) is 12.8. The predicted molar refractivity (Wildman–Crippen MR) is 143 cm³/mol. The first kappa shape index (κ1) is 22.0. The van der Waals surface area contributed by atoms with Gasteiger partial charge in [-0.25, -0.2) is 9.67 Å². The lowest BCUT2D eigenvalue weighted by molar-refractivity contribution is -0.146. The number of fused-ring (bicyclic) bond motifs is 5. The van der Waals surface area contributed by atoms with Crippen molar-refractivity contribution in [3.63, 3.8) is 0 Å². The summed E-state index contributed by atoms with van der Waals surface area (Å²) in [5.41, 5.74) is 6.04. The molecule has 0 spiro atoms. The van der Waals surface area contributed by atoms with Crippen molar-refractivity contribution in [3.8, 4) is 16.9 Å². The lowest BCUT2D eigenvalue weighted by Crippen LogP contribution is -2.54. The van der Waals surface area contributed by atoms with Crippen LogP contribution in [0.4, 0.5) is 5.82 Å². The first-order chi connectivity index (χ1) is 18.0. The molecular weight excluding hydrogens is 464 g/mol. The number of rotatable bonds is 4. The normalized spacial score (nSPS) is 21.2. The highest BCUT2D eigenvalue weighted by Gasteiger charge is 2.44. The molecule has 0 unspecified atom stereocenters. The monoisotopic (exact) mass is 492 g/mol. The molecule has 2 aliphatic heterocycles. The van der Waals surface area contributed by atoms with Gasteiger partial charge >= 0.3 is 5.97 Å². The lowest BCUT2D eigenvalue weighted by Gasteiger charge is -2.48. The average molecular weight is 493 g/mol. The summed E-state index contributed by atoms with van der Waals surface area (Å²) in [4.78, 5) is 18.8. The van der Waals surface area contributed by atoms with Gasteiger partial charge in [0.05, 0.1) is 28.8 Å². The van der Waals surface area contributed by atoms with E-state index < -0.39 is 5.97 Å². The molecule has 5 heterocycles. The van der Waals surface area contributed by atoms with Crippen LogP contribution in [0.25, 0.3) is 38.8 Å². The van der Waals surface area contributed by atoms with Crippen molar-refractivity contribution in [2.75, 3.05) is 11.4 Å². The molecule has 3 aliphatic rings. The quantitative estimate of drug-likeness (QED) is 0.381. The number of aromatic nitrogens is 5. The Morgan fingerprint density at radius 3 is 2.65 bits per heavy atom. The van der Waals surface area contributed by atoms with Crippen LogP contribution in [0.2, 0.25) is 0 Å². The van der Waals surface area contributed by atoms with Crippen LogP contribution < -0.4 is 4.90 Å². The Hall–Kier alpha value is -4.20. The molecule has 2 aromatic carbocycles. The standard InChI is InChI=1S/C29H28N6O2/c1-17-5-3-7-22-27(21-6-4-8-25-24(21)16-33(2)31-25)32-35(28(17)22)20-11-12-26(30-14-20)34-15-18-9-10-19(34)13-23(18)29(36)37/h3-8,11-12,14,16,18-19,23H,9-10,13,15H2,1-2H3,(H,36,37)/t18-,19-,23-/m1/s1. The molecule has 186 valence electrons. The fourth-order valence-electron chi connectivity index (χ4n) is 6.46. The van der Waals surface area contributed by atoms with Crippen molar-refractivity contribution in [3.05, 3.63) is 66.5 Å². The summed E-state index contributed by atoms with van der Waals surface area (Å²) in [6.07, 6.45) is 6.66. The number of piperidine rings is 2. The molecule has 3 aromatic heterocycles. The van der Waals surface area contributed by atoms with Crippen LogP contribution in [0.3, 0.4) is 0 Å². The van der Waals surface area contributed by atoms with Crippen molar-refractivity contribution >= 4 is 33.6 Å². The van der Waals surface area contributed by atoms with Gasteiger partial charge in [-0.05, 0) is 55.9 Å². The van der Waals surface area contributed by atoms with Gasteiger partial charge in [0.2, 0.25) is 0 Å². The van der Waals surface area contributed by atoms with Crippen molar-refractivity contribution in [1.82, 2.24) is 24.5 Å². The molecule has 1 N–H and O–H groups in total. The third-order valence-electron chi connectivity index (χ3n) is 8.25. The number of carbonyl (C=O) groups is 1. The number of para-hydroxylation sites is 1. The Balaban J connectivity index is 1.29. The van der Waals surface area contributed by atoms with Gasteiger partial charge in [0, 0.05) is 42.2 Å². The van der Waals surface area contributed by atoms with Gasteiger partial charge in [-0.3, -0.25) is 9.48 Å². The summed E-state index contributed by atoms with van der Waals surface area (Å²) in [5.74, 6) is 0.224. The minimum atomic E-state index is -0.656. The number of hydrogen-bond donors (Lipinski definition) is 1. The van der Waals surface area contributed by atoms with Gasteiger partial charge in [-0.1, -0.05) is 30.3 Å². The van der Waals surface area contributed by atoms with E-state index in [1.807, 2.05) is 40.9 Å². The van der Waals surface area contributed by atoms with E-state index in [0.29, 0.717) is 6.42 Å². The van der Waals surface area contributed by atoms with Crippen LogP contribution in [0, 0.1) is 18.8 Å². The number of aryl methyl sites for hydroxylation is 2. The maximum Gasteiger partial charge on any atom is 0.306 e. The number of nitrogens with zero attached hydrogens (tertiary/aromatic N) is 6. The van der Waals surface area contributed by atoms with Gasteiger partial charge < -0.3 is 10.0 Å². The van der Waals surface area contributed by atoms with E-state index >= 15 is 0 Å². The Morgan fingerprint density at radius 2 is 1.89 bits per heavy atom. The number of aliphatic carboxylic acids is 1. The molecule has 1 aliphatic carbocycles. The third kappa shape index (κ3) is 3.43. The molecule has 0 radical (unpaired) electrons.